The molecule has 4 rings (SSSR count). The molecule has 4 aromatic rings. The first-order valence-electron chi connectivity index (χ1n) is 12.1. The van der Waals surface area contributed by atoms with Crippen LogP contribution in [0.25, 0.3) is 0 Å². The number of nitrogens with two attached hydrogens (primary N) is 1. The monoisotopic (exact) mass is 516 g/mol. The van der Waals surface area contributed by atoms with Crippen LogP contribution < -0.4 is 11.1 Å². The largest absolute Gasteiger partial charge is 0.416 e. The fourth-order valence-electron chi connectivity index (χ4n) is 4.75. The molecule has 0 spiro atoms. The number of primary amides is 1. The molecule has 3 N–H and O–H groups in total. The van der Waals surface area contributed by atoms with Crippen LogP contribution in [0, 0.1) is 0 Å². The third-order valence-electron chi connectivity index (χ3n) is 6.63. The maximum atomic E-state index is 13.6. The second-order valence-corrected chi connectivity index (χ2v) is 9.10. The van der Waals surface area contributed by atoms with Crippen LogP contribution in [0.1, 0.15) is 34.2 Å². The highest BCUT2D eigenvalue weighted by Crippen LogP contribution is 2.42. The molecular formula is C31H27F3N2O2. The van der Waals surface area contributed by atoms with Crippen LogP contribution in [0.4, 0.5) is 13.2 Å². The fraction of sp³-hybridized carbons (Fsp3) is 0.161. The molecule has 2 amide bonds. The second kappa shape index (κ2) is 11.3. The molecule has 0 saturated heterocycles. The van der Waals surface area contributed by atoms with Gasteiger partial charge in [-0.25, -0.2) is 0 Å². The van der Waals surface area contributed by atoms with Gasteiger partial charge in [-0.2, -0.15) is 13.2 Å². The van der Waals surface area contributed by atoms with Crippen LogP contribution in [0.15, 0.2) is 115 Å². The number of benzene rings is 4. The van der Waals surface area contributed by atoms with Gasteiger partial charge in [-0.05, 0) is 34.4 Å². The molecule has 0 bridgehead atoms. The lowest BCUT2D eigenvalue weighted by Gasteiger charge is -2.36. The Morgan fingerprint density at radius 2 is 1.08 bits per heavy atom. The van der Waals surface area contributed by atoms with Gasteiger partial charge in [-0.1, -0.05) is 103 Å². The lowest BCUT2D eigenvalue weighted by atomic mass is 9.67. The highest BCUT2D eigenvalue weighted by atomic mass is 19.4. The van der Waals surface area contributed by atoms with Gasteiger partial charge in [0, 0.05) is 12.8 Å². The van der Waals surface area contributed by atoms with Crippen LogP contribution in [0.5, 0.6) is 0 Å². The molecule has 0 radical (unpaired) electrons. The molecule has 4 nitrogen and oxygen atoms in total. The van der Waals surface area contributed by atoms with Crippen molar-refractivity contribution in [3.05, 3.63) is 143 Å². The van der Waals surface area contributed by atoms with Crippen molar-refractivity contribution in [3.8, 4) is 0 Å². The second-order valence-electron chi connectivity index (χ2n) is 9.10. The van der Waals surface area contributed by atoms with E-state index in [9.17, 15) is 22.8 Å². The fourth-order valence-corrected chi connectivity index (χ4v) is 4.75. The molecule has 1 atom stereocenters. The molecule has 194 valence electrons. The summed E-state index contributed by atoms with van der Waals surface area (Å²) in [5, 5.41) is 2.74. The van der Waals surface area contributed by atoms with E-state index in [1.54, 1.807) is 0 Å². The minimum atomic E-state index is -4.47. The normalized spacial score (nSPS) is 12.5. The summed E-state index contributed by atoms with van der Waals surface area (Å²) in [4.78, 5) is 25.9. The number of nitrogens with one attached hydrogen (secondary N) is 1. The molecule has 0 aliphatic carbocycles. The predicted octanol–water partition coefficient (Wildman–Crippen LogP) is 5.64. The molecule has 38 heavy (non-hydrogen) atoms. The number of amides is 2. The van der Waals surface area contributed by atoms with Gasteiger partial charge in [0.25, 0.3) is 0 Å². The van der Waals surface area contributed by atoms with Crippen molar-refractivity contribution in [3.63, 3.8) is 0 Å². The van der Waals surface area contributed by atoms with E-state index in [2.05, 4.69) is 5.32 Å². The first-order chi connectivity index (χ1) is 18.2. The summed E-state index contributed by atoms with van der Waals surface area (Å²) in [6.07, 6.45) is -4.53. The van der Waals surface area contributed by atoms with Crippen molar-refractivity contribution in [1.29, 1.82) is 0 Å². The summed E-state index contributed by atoms with van der Waals surface area (Å²) in [6, 6.07) is 32.3. The summed E-state index contributed by atoms with van der Waals surface area (Å²) >= 11 is 0. The van der Waals surface area contributed by atoms with E-state index >= 15 is 0 Å². The molecule has 0 aliphatic heterocycles. The quantitative estimate of drug-likeness (QED) is 0.283. The molecule has 0 aliphatic rings. The Morgan fingerprint density at radius 1 is 0.658 bits per heavy atom. The summed E-state index contributed by atoms with van der Waals surface area (Å²) in [5.74, 6) is -1.19. The zero-order valence-corrected chi connectivity index (χ0v) is 20.5. The molecule has 0 heterocycles. The van der Waals surface area contributed by atoms with E-state index in [1.165, 1.54) is 12.1 Å². The third kappa shape index (κ3) is 5.94. The average Bonchev–Trinajstić information content (AvgIpc) is 2.92. The number of halogens is 3. The first-order valence-corrected chi connectivity index (χ1v) is 12.1. The third-order valence-corrected chi connectivity index (χ3v) is 6.63. The number of carbonyl (C=O) groups is 2. The Bertz CT molecular complexity index is 1260. The summed E-state index contributed by atoms with van der Waals surface area (Å²) in [7, 11) is 0. The van der Waals surface area contributed by atoms with Crippen molar-refractivity contribution >= 4 is 11.8 Å². The van der Waals surface area contributed by atoms with E-state index in [-0.39, 0.29) is 12.8 Å². The Labute approximate surface area is 219 Å². The van der Waals surface area contributed by atoms with Crippen molar-refractivity contribution in [2.45, 2.75) is 30.5 Å². The van der Waals surface area contributed by atoms with Crippen LogP contribution in [0.3, 0.4) is 0 Å². The van der Waals surface area contributed by atoms with E-state index < -0.39 is 35.0 Å². The number of hydrogen-bond acceptors (Lipinski definition) is 2. The van der Waals surface area contributed by atoms with E-state index in [4.69, 9.17) is 5.73 Å². The summed E-state index contributed by atoms with van der Waals surface area (Å²) in [6.45, 7) is 0. The van der Waals surface area contributed by atoms with Gasteiger partial charge in [0.2, 0.25) is 11.8 Å². The summed E-state index contributed by atoms with van der Waals surface area (Å²) < 4.78 is 38.8. The highest BCUT2D eigenvalue weighted by Gasteiger charge is 2.39. The van der Waals surface area contributed by atoms with E-state index in [1.807, 2.05) is 91.0 Å². The van der Waals surface area contributed by atoms with Crippen molar-refractivity contribution in [2.24, 2.45) is 5.73 Å². The van der Waals surface area contributed by atoms with Gasteiger partial charge in [0.1, 0.15) is 6.04 Å². The standard InChI is InChI=1S/C31H27F3N2O2/c32-31(33,34)26-18-16-22(17-19-26)20-27(29(35)38)36-28(37)21-30(23-10-4-1-5-11-23,24-12-6-2-7-13-24)25-14-8-3-9-15-25/h1-19,27H,20-21H2,(H2,35,38)(H,36,37)/t27-/m0/s1. The zero-order valence-electron chi connectivity index (χ0n) is 20.5. The molecule has 0 saturated carbocycles. The Kier molecular flexibility index (Phi) is 7.96. The maximum absolute atomic E-state index is 13.6. The topological polar surface area (TPSA) is 72.2 Å². The summed E-state index contributed by atoms with van der Waals surface area (Å²) in [5.41, 5.74) is 7.06. The molecule has 0 unspecified atom stereocenters. The molecular weight excluding hydrogens is 489 g/mol. The Balaban J connectivity index is 1.67. The molecule has 0 aromatic heterocycles. The zero-order chi connectivity index (χ0) is 27.2. The highest BCUT2D eigenvalue weighted by molar-refractivity contribution is 5.88. The lowest BCUT2D eigenvalue weighted by molar-refractivity contribution is -0.137. The smallest absolute Gasteiger partial charge is 0.368 e. The molecule has 0 fully saturated rings. The van der Waals surface area contributed by atoms with Crippen LogP contribution in [-0.2, 0) is 27.6 Å². The minimum Gasteiger partial charge on any atom is -0.368 e. The first kappa shape index (κ1) is 26.7. The van der Waals surface area contributed by atoms with Crippen LogP contribution in [0.2, 0.25) is 0 Å². The van der Waals surface area contributed by atoms with Crippen molar-refractivity contribution in [1.82, 2.24) is 5.32 Å². The van der Waals surface area contributed by atoms with Crippen LogP contribution >= 0.6 is 0 Å². The minimum absolute atomic E-state index is 0.0260. The van der Waals surface area contributed by atoms with Gasteiger partial charge < -0.3 is 11.1 Å². The molecule has 7 heteroatoms. The average molecular weight is 517 g/mol. The lowest BCUT2D eigenvalue weighted by Crippen LogP contribution is -2.48. The van der Waals surface area contributed by atoms with Gasteiger partial charge in [0.15, 0.2) is 0 Å². The van der Waals surface area contributed by atoms with E-state index in [0.29, 0.717) is 5.56 Å². The molecule has 4 aromatic carbocycles. The number of carbonyl (C=O) groups excluding carboxylic acids is 2. The maximum Gasteiger partial charge on any atom is 0.416 e. The van der Waals surface area contributed by atoms with E-state index in [0.717, 1.165) is 28.8 Å². The van der Waals surface area contributed by atoms with Crippen LogP contribution in [-0.4, -0.2) is 17.9 Å². The SMILES string of the molecule is NC(=O)[C@H](Cc1ccc(C(F)(F)F)cc1)NC(=O)CC(c1ccccc1)(c1ccccc1)c1ccccc1. The van der Waals surface area contributed by atoms with Gasteiger partial charge in [-0.3, -0.25) is 9.59 Å². The van der Waals surface area contributed by atoms with Crippen molar-refractivity contribution < 1.29 is 22.8 Å². The van der Waals surface area contributed by atoms with Gasteiger partial charge >= 0.3 is 6.18 Å². The van der Waals surface area contributed by atoms with Gasteiger partial charge in [0.05, 0.1) is 11.0 Å². The predicted molar refractivity (Wildman–Crippen MR) is 140 cm³/mol. The number of alkyl halides is 3. The Morgan fingerprint density at radius 3 is 1.45 bits per heavy atom. The van der Waals surface area contributed by atoms with Crippen molar-refractivity contribution in [2.75, 3.05) is 0 Å². The Hall–Kier alpha value is -4.39. The number of hydrogen-bond donors (Lipinski definition) is 2. The number of rotatable bonds is 9. The van der Waals surface area contributed by atoms with Gasteiger partial charge in [-0.15, -0.1) is 0 Å².